The maximum atomic E-state index is 6.41. The summed E-state index contributed by atoms with van der Waals surface area (Å²) < 4.78 is 10.9. The zero-order chi connectivity index (χ0) is 12.0. The summed E-state index contributed by atoms with van der Waals surface area (Å²) in [7, 11) is 0. The molecule has 1 aromatic rings. The second-order valence-electron chi connectivity index (χ2n) is 4.81. The highest BCUT2D eigenvalue weighted by Gasteiger charge is 2.39. The molecule has 3 rings (SSSR count). The first kappa shape index (κ1) is 11.2. The lowest BCUT2D eigenvalue weighted by Gasteiger charge is -2.40. The van der Waals surface area contributed by atoms with E-state index < -0.39 is 0 Å². The molecule has 1 saturated carbocycles. The van der Waals surface area contributed by atoms with E-state index in [1.807, 2.05) is 6.07 Å². The Morgan fingerprint density at radius 1 is 1.41 bits per heavy atom. The number of ether oxygens (including phenoxy) is 2. The molecule has 1 aliphatic carbocycles. The van der Waals surface area contributed by atoms with E-state index in [-0.39, 0.29) is 12.3 Å². The zero-order valence-corrected chi connectivity index (χ0v) is 10.6. The molecule has 2 aliphatic rings. The number of fused-ring (bicyclic) bond motifs is 1. The molecular weight excluding hydrogens is 238 g/mol. The van der Waals surface area contributed by atoms with Crippen LogP contribution in [0.3, 0.4) is 0 Å². The standard InChI is InChI=1S/C13H16ClNO2/c1-2-8-11(13(15)4-3-5-13)9(14)6-10-12(8)17-7-16-10/h6H,2-5,7,15H2,1H3. The molecule has 1 aliphatic heterocycles. The summed E-state index contributed by atoms with van der Waals surface area (Å²) in [4.78, 5) is 0. The van der Waals surface area contributed by atoms with E-state index in [0.29, 0.717) is 5.02 Å². The molecule has 0 amide bonds. The van der Waals surface area contributed by atoms with Crippen molar-refractivity contribution in [3.05, 3.63) is 22.2 Å². The van der Waals surface area contributed by atoms with Crippen LogP contribution in [0.5, 0.6) is 11.5 Å². The van der Waals surface area contributed by atoms with Gasteiger partial charge in [0.05, 0.1) is 0 Å². The van der Waals surface area contributed by atoms with Gasteiger partial charge in [-0.3, -0.25) is 0 Å². The van der Waals surface area contributed by atoms with E-state index in [0.717, 1.165) is 41.9 Å². The Hall–Kier alpha value is -0.930. The Kier molecular flexibility index (Phi) is 2.49. The minimum Gasteiger partial charge on any atom is -0.454 e. The number of hydrogen-bond donors (Lipinski definition) is 1. The SMILES string of the molecule is CCc1c2c(cc(Cl)c1C1(N)CCC1)OCO2. The van der Waals surface area contributed by atoms with Gasteiger partial charge >= 0.3 is 0 Å². The van der Waals surface area contributed by atoms with Crippen LogP contribution < -0.4 is 15.2 Å². The summed E-state index contributed by atoms with van der Waals surface area (Å²) in [6.45, 7) is 2.37. The second kappa shape index (κ2) is 3.79. The molecule has 0 radical (unpaired) electrons. The van der Waals surface area contributed by atoms with Crippen molar-refractivity contribution in [3.8, 4) is 11.5 Å². The minimum absolute atomic E-state index is 0.261. The molecule has 0 saturated heterocycles. The van der Waals surface area contributed by atoms with Crippen molar-refractivity contribution in [3.63, 3.8) is 0 Å². The van der Waals surface area contributed by atoms with Crippen molar-refractivity contribution in [1.29, 1.82) is 0 Å². The van der Waals surface area contributed by atoms with E-state index in [1.165, 1.54) is 6.42 Å². The number of nitrogens with two attached hydrogens (primary N) is 1. The predicted octanol–water partition coefficient (Wildman–Crippen LogP) is 2.97. The van der Waals surface area contributed by atoms with E-state index >= 15 is 0 Å². The first-order valence-corrected chi connectivity index (χ1v) is 6.44. The smallest absolute Gasteiger partial charge is 0.231 e. The van der Waals surface area contributed by atoms with Gasteiger partial charge in [0, 0.05) is 22.2 Å². The van der Waals surface area contributed by atoms with E-state index in [4.69, 9.17) is 26.8 Å². The Labute approximate surface area is 106 Å². The number of hydrogen-bond acceptors (Lipinski definition) is 3. The molecule has 0 unspecified atom stereocenters. The molecule has 1 aromatic carbocycles. The van der Waals surface area contributed by atoms with Gasteiger partial charge in [-0.25, -0.2) is 0 Å². The third kappa shape index (κ3) is 1.53. The van der Waals surface area contributed by atoms with E-state index in [2.05, 4.69) is 6.92 Å². The van der Waals surface area contributed by atoms with Gasteiger partial charge in [0.25, 0.3) is 0 Å². The van der Waals surface area contributed by atoms with Crippen LogP contribution in [0.1, 0.15) is 37.3 Å². The summed E-state index contributed by atoms with van der Waals surface area (Å²) in [5.41, 5.74) is 8.34. The molecule has 3 nitrogen and oxygen atoms in total. The third-order valence-electron chi connectivity index (χ3n) is 3.81. The van der Waals surface area contributed by atoms with Gasteiger partial charge in [-0.15, -0.1) is 0 Å². The fourth-order valence-corrected chi connectivity index (χ4v) is 3.16. The lowest BCUT2D eigenvalue weighted by molar-refractivity contribution is 0.173. The van der Waals surface area contributed by atoms with Crippen LogP contribution in [0.4, 0.5) is 0 Å². The molecule has 17 heavy (non-hydrogen) atoms. The summed E-state index contributed by atoms with van der Waals surface area (Å²) in [5, 5.41) is 0.716. The minimum atomic E-state index is -0.261. The maximum Gasteiger partial charge on any atom is 0.231 e. The molecule has 0 spiro atoms. The van der Waals surface area contributed by atoms with Crippen LogP contribution in [0, 0.1) is 0 Å². The molecule has 2 N–H and O–H groups in total. The summed E-state index contributed by atoms with van der Waals surface area (Å²) in [6.07, 6.45) is 4.03. The maximum absolute atomic E-state index is 6.41. The van der Waals surface area contributed by atoms with Gasteiger partial charge in [-0.1, -0.05) is 18.5 Å². The van der Waals surface area contributed by atoms with Gasteiger partial charge in [0.15, 0.2) is 11.5 Å². The monoisotopic (exact) mass is 253 g/mol. The molecule has 1 heterocycles. The lowest BCUT2D eigenvalue weighted by Crippen LogP contribution is -2.44. The number of halogens is 1. The topological polar surface area (TPSA) is 44.5 Å². The van der Waals surface area contributed by atoms with Crippen LogP contribution in [0.15, 0.2) is 6.07 Å². The van der Waals surface area contributed by atoms with Gasteiger partial charge in [-0.05, 0) is 31.2 Å². The Morgan fingerprint density at radius 2 is 2.18 bits per heavy atom. The highest BCUT2D eigenvalue weighted by atomic mass is 35.5. The van der Waals surface area contributed by atoms with Crippen molar-refractivity contribution in [2.24, 2.45) is 5.73 Å². The summed E-state index contributed by atoms with van der Waals surface area (Å²) >= 11 is 6.37. The normalized spacial score (nSPS) is 20.2. The Morgan fingerprint density at radius 3 is 2.76 bits per heavy atom. The van der Waals surface area contributed by atoms with E-state index in [1.54, 1.807) is 0 Å². The van der Waals surface area contributed by atoms with Crippen LogP contribution >= 0.6 is 11.6 Å². The van der Waals surface area contributed by atoms with Gasteiger partial charge in [0.1, 0.15) is 0 Å². The fraction of sp³-hybridized carbons (Fsp3) is 0.538. The molecule has 0 bridgehead atoms. The molecule has 92 valence electrons. The molecule has 4 heteroatoms. The molecule has 0 aromatic heterocycles. The van der Waals surface area contributed by atoms with Crippen LogP contribution in [0.25, 0.3) is 0 Å². The van der Waals surface area contributed by atoms with Gasteiger partial charge in [0.2, 0.25) is 6.79 Å². The van der Waals surface area contributed by atoms with Crippen molar-refractivity contribution < 1.29 is 9.47 Å². The summed E-state index contributed by atoms with van der Waals surface area (Å²) in [6, 6.07) is 1.84. The zero-order valence-electron chi connectivity index (χ0n) is 9.88. The van der Waals surface area contributed by atoms with Gasteiger partial charge < -0.3 is 15.2 Å². The van der Waals surface area contributed by atoms with Crippen molar-refractivity contribution in [2.75, 3.05) is 6.79 Å². The largest absolute Gasteiger partial charge is 0.454 e. The Bertz CT molecular complexity index is 469. The van der Waals surface area contributed by atoms with Crippen molar-refractivity contribution in [2.45, 2.75) is 38.1 Å². The predicted molar refractivity (Wildman–Crippen MR) is 66.7 cm³/mol. The van der Waals surface area contributed by atoms with Crippen molar-refractivity contribution in [1.82, 2.24) is 0 Å². The number of benzene rings is 1. The molecule has 0 atom stereocenters. The first-order chi connectivity index (χ1) is 8.15. The average Bonchev–Trinajstić information content (AvgIpc) is 2.71. The lowest BCUT2D eigenvalue weighted by atomic mass is 9.70. The first-order valence-electron chi connectivity index (χ1n) is 6.06. The van der Waals surface area contributed by atoms with E-state index in [9.17, 15) is 0 Å². The third-order valence-corrected chi connectivity index (χ3v) is 4.11. The number of rotatable bonds is 2. The second-order valence-corrected chi connectivity index (χ2v) is 5.22. The Balaban J connectivity index is 2.20. The quantitative estimate of drug-likeness (QED) is 0.881. The molecule has 1 fully saturated rings. The van der Waals surface area contributed by atoms with Crippen LogP contribution in [-0.4, -0.2) is 6.79 Å². The average molecular weight is 254 g/mol. The highest BCUT2D eigenvalue weighted by molar-refractivity contribution is 6.31. The molecular formula is C13H16ClNO2. The van der Waals surface area contributed by atoms with Gasteiger partial charge in [-0.2, -0.15) is 0 Å². The van der Waals surface area contributed by atoms with Crippen LogP contribution in [0.2, 0.25) is 5.02 Å². The van der Waals surface area contributed by atoms with Crippen LogP contribution in [-0.2, 0) is 12.0 Å². The fourth-order valence-electron chi connectivity index (χ4n) is 2.76. The summed E-state index contributed by atoms with van der Waals surface area (Å²) in [5.74, 6) is 1.59. The van der Waals surface area contributed by atoms with Crippen molar-refractivity contribution >= 4 is 11.6 Å². The highest BCUT2D eigenvalue weighted by Crippen LogP contribution is 2.49.